The zero-order valence-electron chi connectivity index (χ0n) is 29.9. The third-order valence-electron chi connectivity index (χ3n) is 12.5. The minimum atomic E-state index is -0.212. The van der Waals surface area contributed by atoms with E-state index in [0.717, 1.165) is 37.3 Å². The van der Waals surface area contributed by atoms with Crippen LogP contribution in [0.4, 0.5) is 11.4 Å². The number of carbonyl (C=O) groups excluding carboxylic acids is 2. The average Bonchev–Trinajstić information content (AvgIpc) is 3.63. The summed E-state index contributed by atoms with van der Waals surface area (Å²) < 4.78 is 0. The van der Waals surface area contributed by atoms with E-state index < -0.39 is 0 Å². The van der Waals surface area contributed by atoms with Gasteiger partial charge in [0.05, 0.1) is 0 Å². The van der Waals surface area contributed by atoms with E-state index in [1.807, 2.05) is 0 Å². The molecule has 48 heavy (non-hydrogen) atoms. The van der Waals surface area contributed by atoms with Crippen molar-refractivity contribution in [3.05, 3.63) is 58.7 Å². The van der Waals surface area contributed by atoms with Gasteiger partial charge in [0.25, 0.3) is 0 Å². The summed E-state index contributed by atoms with van der Waals surface area (Å²) >= 11 is 0. The van der Waals surface area contributed by atoms with Crippen LogP contribution < -0.4 is 31.9 Å². The largest absolute Gasteiger partial charge is 0.373 e. The highest BCUT2D eigenvalue weighted by Crippen LogP contribution is 2.40. The number of rotatable bonds is 9. The number of hydrogen-bond donors (Lipinski definition) is 6. The highest BCUT2D eigenvalue weighted by molar-refractivity contribution is 5.89. The highest BCUT2D eigenvalue weighted by atomic mass is 16.2. The molecular formula is C40H58N6O2. The van der Waals surface area contributed by atoms with Crippen LogP contribution in [0.1, 0.15) is 75.6 Å². The zero-order valence-corrected chi connectivity index (χ0v) is 29.9. The lowest BCUT2D eigenvalue weighted by Gasteiger charge is -2.47. The van der Waals surface area contributed by atoms with Gasteiger partial charge in [-0.3, -0.25) is 9.59 Å². The van der Waals surface area contributed by atoms with Crippen molar-refractivity contribution in [2.75, 3.05) is 23.7 Å². The van der Waals surface area contributed by atoms with Crippen molar-refractivity contribution in [3.63, 3.8) is 0 Å². The van der Waals surface area contributed by atoms with Gasteiger partial charge in [0.2, 0.25) is 11.8 Å². The fourth-order valence-corrected chi connectivity index (χ4v) is 9.65. The van der Waals surface area contributed by atoms with E-state index in [0.29, 0.717) is 41.5 Å². The molecule has 8 heteroatoms. The molecule has 10 unspecified atom stereocenters. The lowest BCUT2D eigenvalue weighted by atomic mass is 9.70. The number of hydrogen-bond acceptors (Lipinski definition) is 6. The molecular weight excluding hydrogens is 596 g/mol. The Kier molecular flexibility index (Phi) is 9.51. The maximum atomic E-state index is 13.6. The molecule has 2 amide bonds. The van der Waals surface area contributed by atoms with E-state index in [9.17, 15) is 9.59 Å². The molecule has 1 aliphatic carbocycles. The molecule has 0 spiro atoms. The molecule has 2 aromatic carbocycles. The SMILES string of the molecule is Cc1cccc2c1NC(C(=O)NC(C(C)C)C1NCC(C3CNC(C(NC(=O)C4Cc5cccc(C)c5N4)C4CC4)C(C)C3)CC1C)C2. The fourth-order valence-electron chi connectivity index (χ4n) is 9.65. The number of fused-ring (bicyclic) bond motifs is 2. The summed E-state index contributed by atoms with van der Waals surface area (Å²) in [4.78, 5) is 27.1. The molecule has 0 radical (unpaired) electrons. The fraction of sp³-hybridized carbons (Fsp3) is 0.650. The Labute approximate surface area is 287 Å². The summed E-state index contributed by atoms with van der Waals surface area (Å²) in [6.45, 7) is 15.4. The summed E-state index contributed by atoms with van der Waals surface area (Å²) in [5, 5.41) is 21.9. The third-order valence-corrected chi connectivity index (χ3v) is 12.5. The van der Waals surface area contributed by atoms with Crippen LogP contribution in [0, 0.1) is 49.4 Å². The molecule has 3 fully saturated rings. The van der Waals surface area contributed by atoms with E-state index in [2.05, 4.69) is 110 Å². The highest BCUT2D eigenvalue weighted by Gasteiger charge is 2.45. The topological polar surface area (TPSA) is 106 Å². The second-order valence-electron chi connectivity index (χ2n) is 16.5. The summed E-state index contributed by atoms with van der Waals surface area (Å²) in [6, 6.07) is 13.1. The number of piperidine rings is 2. The van der Waals surface area contributed by atoms with Crippen molar-refractivity contribution in [1.29, 1.82) is 0 Å². The van der Waals surface area contributed by atoms with Gasteiger partial charge in [0, 0.05) is 48.4 Å². The number of nitrogens with one attached hydrogen (secondary N) is 6. The van der Waals surface area contributed by atoms with Crippen molar-refractivity contribution in [1.82, 2.24) is 21.3 Å². The van der Waals surface area contributed by atoms with E-state index in [1.54, 1.807) is 0 Å². The normalized spacial score (nSPS) is 32.4. The number of benzene rings is 2. The van der Waals surface area contributed by atoms with Crippen molar-refractivity contribution in [3.8, 4) is 0 Å². The Hall–Kier alpha value is -3.10. The van der Waals surface area contributed by atoms with Crippen LogP contribution in [-0.4, -0.2) is 61.2 Å². The van der Waals surface area contributed by atoms with Gasteiger partial charge in [-0.05, 0) is 110 Å². The minimum absolute atomic E-state index is 0.0850. The van der Waals surface area contributed by atoms with Gasteiger partial charge in [-0.15, -0.1) is 0 Å². The van der Waals surface area contributed by atoms with Crippen LogP contribution in [0.3, 0.4) is 0 Å². The maximum Gasteiger partial charge on any atom is 0.243 e. The maximum absolute atomic E-state index is 13.6. The van der Waals surface area contributed by atoms with Gasteiger partial charge in [-0.25, -0.2) is 0 Å². The minimum Gasteiger partial charge on any atom is -0.373 e. The molecule has 4 aliphatic heterocycles. The first kappa shape index (κ1) is 33.4. The van der Waals surface area contributed by atoms with E-state index in [-0.39, 0.29) is 42.0 Å². The molecule has 2 saturated heterocycles. The Morgan fingerprint density at radius 1 is 0.729 bits per heavy atom. The van der Waals surface area contributed by atoms with Gasteiger partial charge in [-0.1, -0.05) is 64.1 Å². The summed E-state index contributed by atoms with van der Waals surface area (Å²) in [7, 11) is 0. The van der Waals surface area contributed by atoms with Crippen LogP contribution in [0.15, 0.2) is 36.4 Å². The number of amides is 2. The Bertz CT molecular complexity index is 1400. The van der Waals surface area contributed by atoms with Gasteiger partial charge in [0.15, 0.2) is 0 Å². The first-order chi connectivity index (χ1) is 23.1. The van der Waals surface area contributed by atoms with Crippen molar-refractivity contribution in [2.24, 2.45) is 35.5 Å². The lowest BCUT2D eigenvalue weighted by Crippen LogP contribution is -2.62. The monoisotopic (exact) mass is 654 g/mol. The van der Waals surface area contributed by atoms with Gasteiger partial charge < -0.3 is 31.9 Å². The average molecular weight is 655 g/mol. The molecule has 0 aromatic heterocycles. The molecule has 260 valence electrons. The second kappa shape index (κ2) is 13.7. The standard InChI is InChI=1S/C40H58N6O2/c1-21(2)33(45-39(47)31-17-27-11-7-9-22(3)34(27)43-31)36-24(5)15-29(19-41-36)30-16-25(6)37(42-20-30)38(26-13-14-26)46-40(48)32-18-28-12-8-10-23(4)35(28)44-32/h7-12,21,24-26,29-33,36-38,41-44H,13-20H2,1-6H3,(H,45,47)(H,46,48). The van der Waals surface area contributed by atoms with E-state index >= 15 is 0 Å². The van der Waals surface area contributed by atoms with Gasteiger partial charge in [-0.2, -0.15) is 0 Å². The first-order valence-corrected chi connectivity index (χ1v) is 18.8. The molecule has 6 N–H and O–H groups in total. The lowest BCUT2D eigenvalue weighted by molar-refractivity contribution is -0.124. The first-order valence-electron chi connectivity index (χ1n) is 18.8. The molecule has 5 aliphatic rings. The number of carbonyl (C=O) groups is 2. The zero-order chi connectivity index (χ0) is 33.7. The number of aryl methyl sites for hydroxylation is 2. The van der Waals surface area contributed by atoms with Crippen LogP contribution in [0.5, 0.6) is 0 Å². The summed E-state index contributed by atoms with van der Waals surface area (Å²) in [5.41, 5.74) is 7.15. The molecule has 2 aromatic rings. The second-order valence-corrected chi connectivity index (χ2v) is 16.5. The third kappa shape index (κ3) is 6.72. The van der Waals surface area contributed by atoms with Crippen LogP contribution in [0.2, 0.25) is 0 Å². The van der Waals surface area contributed by atoms with E-state index in [1.165, 1.54) is 47.9 Å². The van der Waals surface area contributed by atoms with Crippen LogP contribution >= 0.6 is 0 Å². The van der Waals surface area contributed by atoms with Crippen LogP contribution in [0.25, 0.3) is 0 Å². The van der Waals surface area contributed by atoms with Gasteiger partial charge in [0.1, 0.15) is 12.1 Å². The van der Waals surface area contributed by atoms with Crippen molar-refractivity contribution >= 4 is 23.2 Å². The van der Waals surface area contributed by atoms with Gasteiger partial charge >= 0.3 is 0 Å². The summed E-state index contributed by atoms with van der Waals surface area (Å²) in [6.07, 6.45) is 6.27. The quantitative estimate of drug-likeness (QED) is 0.229. The Balaban J connectivity index is 0.921. The molecule has 10 atom stereocenters. The van der Waals surface area contributed by atoms with Crippen molar-refractivity contribution < 1.29 is 9.59 Å². The Morgan fingerprint density at radius 2 is 1.23 bits per heavy atom. The molecule has 7 rings (SSSR count). The van der Waals surface area contributed by atoms with E-state index in [4.69, 9.17) is 0 Å². The number of anilines is 2. The molecule has 8 nitrogen and oxygen atoms in total. The van der Waals surface area contributed by atoms with Crippen LogP contribution in [-0.2, 0) is 22.4 Å². The Morgan fingerprint density at radius 3 is 1.69 bits per heavy atom. The molecule has 0 bridgehead atoms. The smallest absolute Gasteiger partial charge is 0.243 e. The predicted octanol–water partition coefficient (Wildman–Crippen LogP) is 4.94. The van der Waals surface area contributed by atoms with Crippen molar-refractivity contribution in [2.45, 2.75) is 116 Å². The number of para-hydroxylation sites is 2. The molecule has 4 heterocycles. The molecule has 1 saturated carbocycles. The predicted molar refractivity (Wildman–Crippen MR) is 194 cm³/mol. The summed E-state index contributed by atoms with van der Waals surface area (Å²) in [5.74, 6) is 3.33.